The van der Waals surface area contributed by atoms with E-state index in [0.29, 0.717) is 17.3 Å². The van der Waals surface area contributed by atoms with Crippen molar-refractivity contribution >= 4 is 17.3 Å². The Morgan fingerprint density at radius 3 is 2.46 bits per heavy atom. The first kappa shape index (κ1) is 8.32. The number of allylic oxidation sites excluding steroid dienone is 1. The first-order valence-electron chi connectivity index (χ1n) is 4.03. The lowest BCUT2D eigenvalue weighted by molar-refractivity contribution is 1.14. The topological polar surface area (TPSA) is 38.4 Å². The molecule has 1 aromatic rings. The minimum atomic E-state index is 0.517. The Balaban J connectivity index is 2.40. The zero-order chi connectivity index (χ0) is 9.26. The van der Waals surface area contributed by atoms with Gasteiger partial charge in [-0.3, -0.25) is 4.99 Å². The van der Waals surface area contributed by atoms with Gasteiger partial charge >= 0.3 is 0 Å². The van der Waals surface area contributed by atoms with Crippen LogP contribution in [0.1, 0.15) is 5.56 Å². The highest BCUT2D eigenvalue weighted by Crippen LogP contribution is 2.20. The van der Waals surface area contributed by atoms with Crippen LogP contribution in [0.5, 0.6) is 0 Å². The van der Waals surface area contributed by atoms with Gasteiger partial charge in [-0.05, 0) is 0 Å². The van der Waals surface area contributed by atoms with Crippen molar-refractivity contribution in [2.45, 2.75) is 0 Å². The first-order chi connectivity index (χ1) is 6.29. The fourth-order valence-electron chi connectivity index (χ4n) is 1.27. The van der Waals surface area contributed by atoms with Gasteiger partial charge in [0.05, 0.1) is 23.0 Å². The molecule has 2 nitrogen and oxygen atoms in total. The monoisotopic (exact) mass is 192 g/mol. The second-order valence-corrected chi connectivity index (χ2v) is 3.25. The van der Waals surface area contributed by atoms with E-state index in [1.54, 1.807) is 0 Å². The number of nitrogens with zero attached hydrogens (tertiary/aromatic N) is 1. The van der Waals surface area contributed by atoms with Crippen LogP contribution < -0.4 is 5.73 Å². The van der Waals surface area contributed by atoms with Crippen LogP contribution in [0, 0.1) is 0 Å². The van der Waals surface area contributed by atoms with E-state index < -0.39 is 0 Å². The molecule has 0 fully saturated rings. The summed E-state index contributed by atoms with van der Waals surface area (Å²) in [7, 11) is 0. The summed E-state index contributed by atoms with van der Waals surface area (Å²) in [5, 5.41) is 0.589. The summed E-state index contributed by atoms with van der Waals surface area (Å²) in [5.74, 6) is 0. The lowest BCUT2D eigenvalue weighted by Gasteiger charge is -1.99. The van der Waals surface area contributed by atoms with E-state index in [1.165, 1.54) is 0 Å². The van der Waals surface area contributed by atoms with E-state index in [0.717, 1.165) is 11.3 Å². The van der Waals surface area contributed by atoms with Gasteiger partial charge in [0.25, 0.3) is 0 Å². The number of rotatable bonds is 1. The van der Waals surface area contributed by atoms with Crippen LogP contribution in [-0.4, -0.2) is 12.3 Å². The second-order valence-electron chi connectivity index (χ2n) is 2.87. The molecule has 0 spiro atoms. The molecule has 1 aliphatic rings. The minimum Gasteiger partial charge on any atom is -0.399 e. The average Bonchev–Trinajstić information content (AvgIpc) is 2.49. The summed E-state index contributed by atoms with van der Waals surface area (Å²) in [6.45, 7) is 0.517. The van der Waals surface area contributed by atoms with Gasteiger partial charge in [-0.1, -0.05) is 41.9 Å². The largest absolute Gasteiger partial charge is 0.399 e. The molecule has 0 atom stereocenters. The van der Waals surface area contributed by atoms with Gasteiger partial charge in [0, 0.05) is 5.56 Å². The van der Waals surface area contributed by atoms with E-state index in [2.05, 4.69) is 4.99 Å². The highest BCUT2D eigenvalue weighted by atomic mass is 35.5. The van der Waals surface area contributed by atoms with Crippen molar-refractivity contribution < 1.29 is 0 Å². The van der Waals surface area contributed by atoms with Crippen molar-refractivity contribution in [3.05, 3.63) is 46.6 Å². The van der Waals surface area contributed by atoms with Crippen molar-refractivity contribution in [2.75, 3.05) is 6.54 Å². The van der Waals surface area contributed by atoms with Crippen molar-refractivity contribution in [3.8, 4) is 0 Å². The maximum absolute atomic E-state index is 5.99. The Bertz CT molecular complexity index is 379. The summed E-state index contributed by atoms with van der Waals surface area (Å²) in [6, 6.07) is 9.81. The molecule has 0 radical (unpaired) electrons. The van der Waals surface area contributed by atoms with E-state index in [4.69, 9.17) is 17.3 Å². The third kappa shape index (κ3) is 1.45. The Kier molecular flexibility index (Phi) is 2.07. The third-order valence-corrected chi connectivity index (χ3v) is 2.37. The number of hydrogen-bond donors (Lipinski definition) is 1. The van der Waals surface area contributed by atoms with Crippen molar-refractivity contribution in [1.82, 2.24) is 0 Å². The van der Waals surface area contributed by atoms with Crippen LogP contribution in [0.3, 0.4) is 0 Å². The van der Waals surface area contributed by atoms with Gasteiger partial charge in [0.2, 0.25) is 0 Å². The lowest BCUT2D eigenvalue weighted by atomic mass is 10.1. The molecular formula is C10H9ClN2. The molecule has 0 saturated heterocycles. The summed E-state index contributed by atoms with van der Waals surface area (Å²) >= 11 is 5.99. The molecule has 0 unspecified atom stereocenters. The predicted octanol–water partition coefficient (Wildman–Crippen LogP) is 1.90. The third-order valence-electron chi connectivity index (χ3n) is 1.94. The highest BCUT2D eigenvalue weighted by Gasteiger charge is 2.16. The molecule has 0 bridgehead atoms. The van der Waals surface area contributed by atoms with E-state index in [9.17, 15) is 0 Å². The van der Waals surface area contributed by atoms with E-state index in [1.807, 2.05) is 30.3 Å². The van der Waals surface area contributed by atoms with Crippen LogP contribution in [-0.2, 0) is 0 Å². The molecule has 0 aliphatic carbocycles. The van der Waals surface area contributed by atoms with E-state index in [-0.39, 0.29) is 0 Å². The maximum atomic E-state index is 5.99. The van der Waals surface area contributed by atoms with Gasteiger partial charge < -0.3 is 5.73 Å². The van der Waals surface area contributed by atoms with Crippen LogP contribution in [0.15, 0.2) is 46.1 Å². The van der Waals surface area contributed by atoms with Crippen LogP contribution >= 0.6 is 11.6 Å². The zero-order valence-corrected chi connectivity index (χ0v) is 7.75. The van der Waals surface area contributed by atoms with Crippen LogP contribution in [0.2, 0.25) is 0 Å². The standard InChI is InChI=1S/C10H9ClN2/c11-9-8(12)6-13-10(9)7-4-2-1-3-5-7/h1-5H,6,12H2. The molecule has 66 valence electrons. The predicted molar refractivity (Wildman–Crippen MR) is 54.9 cm³/mol. The Hall–Kier alpha value is -1.28. The Morgan fingerprint density at radius 1 is 1.23 bits per heavy atom. The Labute approximate surface area is 81.7 Å². The number of aliphatic imine (C=N–C) groups is 1. The number of hydrogen-bond acceptors (Lipinski definition) is 2. The van der Waals surface area contributed by atoms with E-state index >= 15 is 0 Å². The van der Waals surface area contributed by atoms with Gasteiger partial charge in [-0.25, -0.2) is 0 Å². The molecule has 2 rings (SSSR count). The van der Waals surface area contributed by atoms with Gasteiger partial charge in [0.1, 0.15) is 0 Å². The number of halogens is 1. The SMILES string of the molecule is NC1=C(Cl)C(c2ccccc2)=NC1. The average molecular weight is 193 g/mol. The highest BCUT2D eigenvalue weighted by molar-refractivity contribution is 6.47. The zero-order valence-electron chi connectivity index (χ0n) is 7.00. The summed E-state index contributed by atoms with van der Waals surface area (Å²) < 4.78 is 0. The molecule has 2 N–H and O–H groups in total. The number of benzene rings is 1. The minimum absolute atomic E-state index is 0.517. The summed E-state index contributed by atoms with van der Waals surface area (Å²) in [5.41, 5.74) is 8.12. The molecule has 0 saturated carbocycles. The molecular weight excluding hydrogens is 184 g/mol. The first-order valence-corrected chi connectivity index (χ1v) is 4.41. The molecule has 1 heterocycles. The molecule has 3 heteroatoms. The molecule has 0 amide bonds. The Morgan fingerprint density at radius 2 is 1.92 bits per heavy atom. The van der Waals surface area contributed by atoms with Crippen LogP contribution in [0.25, 0.3) is 0 Å². The number of nitrogens with two attached hydrogens (primary N) is 1. The van der Waals surface area contributed by atoms with Crippen molar-refractivity contribution in [1.29, 1.82) is 0 Å². The van der Waals surface area contributed by atoms with Gasteiger partial charge in [-0.15, -0.1) is 0 Å². The summed E-state index contributed by atoms with van der Waals surface area (Å²) in [6.07, 6.45) is 0. The van der Waals surface area contributed by atoms with Crippen LogP contribution in [0.4, 0.5) is 0 Å². The van der Waals surface area contributed by atoms with Gasteiger partial charge in [0.15, 0.2) is 0 Å². The normalized spacial score (nSPS) is 16.2. The maximum Gasteiger partial charge on any atom is 0.0870 e. The van der Waals surface area contributed by atoms with Gasteiger partial charge in [-0.2, -0.15) is 0 Å². The molecule has 13 heavy (non-hydrogen) atoms. The smallest absolute Gasteiger partial charge is 0.0870 e. The fourth-order valence-corrected chi connectivity index (χ4v) is 1.50. The van der Waals surface area contributed by atoms with Crippen molar-refractivity contribution in [3.63, 3.8) is 0 Å². The summed E-state index contributed by atoms with van der Waals surface area (Å²) in [4.78, 5) is 4.25. The quantitative estimate of drug-likeness (QED) is 0.725. The molecule has 1 aromatic carbocycles. The fraction of sp³-hybridized carbons (Fsp3) is 0.100. The molecule has 0 aromatic heterocycles. The second kappa shape index (κ2) is 3.23. The molecule has 1 aliphatic heterocycles. The lowest BCUT2D eigenvalue weighted by Crippen LogP contribution is -2.01. The van der Waals surface area contributed by atoms with Crippen molar-refractivity contribution in [2.24, 2.45) is 10.7 Å².